The van der Waals surface area contributed by atoms with E-state index in [0.717, 1.165) is 6.26 Å². The van der Waals surface area contributed by atoms with Gasteiger partial charge in [-0.05, 0) is 0 Å². The monoisotopic (exact) mass is 205 g/mol. The number of rotatable bonds is 1. The Morgan fingerprint density at radius 1 is 1.62 bits per heavy atom. The lowest BCUT2D eigenvalue weighted by Crippen LogP contribution is -2.28. The number of nitrogen functional groups attached to an aromatic ring is 1. The van der Waals surface area contributed by atoms with E-state index in [0.29, 0.717) is 10.2 Å². The van der Waals surface area contributed by atoms with Crippen LogP contribution in [0.1, 0.15) is 0 Å². The summed E-state index contributed by atoms with van der Waals surface area (Å²) in [6.45, 7) is 0. The lowest BCUT2D eigenvalue weighted by molar-refractivity contribution is 0.469. The SMILES string of the molecule is CS(=O)(=O)n1cc(O)c(N)nc1=O. The van der Waals surface area contributed by atoms with Gasteiger partial charge in [0.1, 0.15) is 0 Å². The number of nitrogens with zero attached hydrogens (tertiary/aromatic N) is 2. The van der Waals surface area contributed by atoms with Crippen LogP contribution < -0.4 is 11.4 Å². The fourth-order valence-electron chi connectivity index (χ4n) is 0.680. The normalized spacial score (nSPS) is 11.5. The van der Waals surface area contributed by atoms with Crippen molar-refractivity contribution in [1.29, 1.82) is 0 Å². The summed E-state index contributed by atoms with van der Waals surface area (Å²) in [5.74, 6) is -0.949. The zero-order valence-corrected chi connectivity index (χ0v) is 7.45. The molecule has 13 heavy (non-hydrogen) atoms. The number of anilines is 1. The molecule has 0 saturated carbocycles. The van der Waals surface area contributed by atoms with Gasteiger partial charge in [0, 0.05) is 0 Å². The van der Waals surface area contributed by atoms with Crippen molar-refractivity contribution in [1.82, 2.24) is 8.96 Å². The van der Waals surface area contributed by atoms with Crippen molar-refractivity contribution in [2.45, 2.75) is 0 Å². The maximum atomic E-state index is 10.9. The Balaban J connectivity index is 3.60. The number of aromatic hydroxyl groups is 1. The van der Waals surface area contributed by atoms with Crippen molar-refractivity contribution >= 4 is 15.8 Å². The quantitative estimate of drug-likeness (QED) is 0.566. The number of aromatic nitrogens is 2. The van der Waals surface area contributed by atoms with E-state index in [1.54, 1.807) is 0 Å². The van der Waals surface area contributed by atoms with Crippen molar-refractivity contribution in [2.24, 2.45) is 0 Å². The molecule has 0 saturated heterocycles. The average Bonchev–Trinajstić information content (AvgIpc) is 1.94. The third-order valence-corrected chi connectivity index (χ3v) is 2.24. The molecule has 0 spiro atoms. The topological polar surface area (TPSA) is 115 Å². The summed E-state index contributed by atoms with van der Waals surface area (Å²) < 4.78 is 22.1. The molecular formula is C5H7N3O4S. The predicted octanol–water partition coefficient (Wildman–Crippen LogP) is -1.66. The van der Waals surface area contributed by atoms with Crippen LogP contribution in [-0.2, 0) is 10.0 Å². The van der Waals surface area contributed by atoms with Crippen LogP contribution in [0, 0.1) is 0 Å². The van der Waals surface area contributed by atoms with Gasteiger partial charge in [-0.25, -0.2) is 13.2 Å². The maximum absolute atomic E-state index is 10.9. The summed E-state index contributed by atoms with van der Waals surface area (Å²) in [5.41, 5.74) is 4.02. The Labute approximate surface area is 73.5 Å². The van der Waals surface area contributed by atoms with E-state index in [2.05, 4.69) is 4.98 Å². The summed E-state index contributed by atoms with van der Waals surface area (Å²) >= 11 is 0. The van der Waals surface area contributed by atoms with Crippen LogP contribution in [0.2, 0.25) is 0 Å². The second-order valence-electron chi connectivity index (χ2n) is 2.35. The van der Waals surface area contributed by atoms with Gasteiger partial charge in [0.05, 0.1) is 12.5 Å². The average molecular weight is 205 g/mol. The van der Waals surface area contributed by atoms with E-state index < -0.39 is 27.3 Å². The first-order valence-electron chi connectivity index (χ1n) is 3.11. The number of nitrogens with two attached hydrogens (primary N) is 1. The summed E-state index contributed by atoms with van der Waals surface area (Å²) in [6, 6.07) is 0. The Morgan fingerprint density at radius 2 is 2.15 bits per heavy atom. The Morgan fingerprint density at radius 3 is 2.62 bits per heavy atom. The second kappa shape index (κ2) is 2.73. The molecule has 0 aliphatic heterocycles. The zero-order chi connectivity index (χ0) is 10.2. The molecule has 0 amide bonds. The minimum absolute atomic E-state index is 0.304. The summed E-state index contributed by atoms with van der Waals surface area (Å²) in [6.07, 6.45) is 1.52. The van der Waals surface area contributed by atoms with E-state index in [1.165, 1.54) is 0 Å². The highest BCUT2D eigenvalue weighted by molar-refractivity contribution is 7.89. The van der Waals surface area contributed by atoms with Gasteiger partial charge < -0.3 is 10.8 Å². The third kappa shape index (κ3) is 1.78. The molecule has 0 radical (unpaired) electrons. The summed E-state index contributed by atoms with van der Waals surface area (Å²) in [7, 11) is -3.75. The molecule has 1 rings (SSSR count). The van der Waals surface area contributed by atoms with Crippen LogP contribution in [0.15, 0.2) is 11.0 Å². The molecule has 1 aromatic heterocycles. The van der Waals surface area contributed by atoms with Crippen molar-refractivity contribution in [3.05, 3.63) is 16.7 Å². The highest BCUT2D eigenvalue weighted by Crippen LogP contribution is 2.12. The molecule has 0 fully saturated rings. The Kier molecular flexibility index (Phi) is 2.00. The molecule has 3 N–H and O–H groups in total. The van der Waals surface area contributed by atoms with Crippen LogP contribution in [0.5, 0.6) is 5.75 Å². The van der Waals surface area contributed by atoms with E-state index in [4.69, 9.17) is 10.8 Å². The summed E-state index contributed by atoms with van der Waals surface area (Å²) in [5, 5.41) is 8.98. The fraction of sp³-hybridized carbons (Fsp3) is 0.200. The van der Waals surface area contributed by atoms with E-state index in [9.17, 15) is 13.2 Å². The van der Waals surface area contributed by atoms with Crippen LogP contribution in [0.3, 0.4) is 0 Å². The van der Waals surface area contributed by atoms with Gasteiger partial charge in [0.25, 0.3) is 0 Å². The molecule has 0 unspecified atom stereocenters. The fourth-order valence-corrected chi connectivity index (χ4v) is 1.30. The summed E-state index contributed by atoms with van der Waals surface area (Å²) in [4.78, 5) is 14.0. The van der Waals surface area contributed by atoms with Crippen LogP contribution in [0.25, 0.3) is 0 Å². The van der Waals surface area contributed by atoms with Gasteiger partial charge in [-0.15, -0.1) is 0 Å². The van der Waals surface area contributed by atoms with E-state index >= 15 is 0 Å². The van der Waals surface area contributed by atoms with Crippen LogP contribution >= 0.6 is 0 Å². The van der Waals surface area contributed by atoms with E-state index in [1.807, 2.05) is 0 Å². The van der Waals surface area contributed by atoms with E-state index in [-0.39, 0.29) is 0 Å². The lowest BCUT2D eigenvalue weighted by Gasteiger charge is -2.02. The third-order valence-electron chi connectivity index (χ3n) is 1.26. The molecule has 1 aromatic rings. The van der Waals surface area contributed by atoms with Crippen molar-refractivity contribution in [3.8, 4) is 5.75 Å². The molecule has 0 aliphatic rings. The minimum Gasteiger partial charge on any atom is -0.503 e. The molecule has 0 aromatic carbocycles. The number of hydrogen-bond acceptors (Lipinski definition) is 6. The standard InChI is InChI=1S/C5H7N3O4S/c1-13(11,12)8-2-3(9)4(6)7-5(8)10/h2,9H,1H3,(H2,6,7,10). The molecule has 1 heterocycles. The number of hydrogen-bond donors (Lipinski definition) is 2. The highest BCUT2D eigenvalue weighted by Gasteiger charge is 2.11. The molecular weight excluding hydrogens is 198 g/mol. The molecule has 0 atom stereocenters. The molecule has 0 bridgehead atoms. The van der Waals surface area contributed by atoms with Gasteiger partial charge >= 0.3 is 5.69 Å². The van der Waals surface area contributed by atoms with Gasteiger partial charge in [0.2, 0.25) is 10.0 Å². The molecule has 7 nitrogen and oxygen atoms in total. The van der Waals surface area contributed by atoms with Gasteiger partial charge in [-0.2, -0.15) is 8.96 Å². The Hall–Kier alpha value is -1.57. The molecule has 0 aliphatic carbocycles. The Bertz CT molecular complexity index is 489. The largest absolute Gasteiger partial charge is 0.503 e. The first kappa shape index (κ1) is 9.52. The first-order valence-corrected chi connectivity index (χ1v) is 4.96. The van der Waals surface area contributed by atoms with Crippen molar-refractivity contribution in [2.75, 3.05) is 12.0 Å². The maximum Gasteiger partial charge on any atom is 0.363 e. The first-order chi connectivity index (χ1) is 5.82. The predicted molar refractivity (Wildman–Crippen MR) is 44.8 cm³/mol. The lowest BCUT2D eigenvalue weighted by atomic mass is 10.5. The molecule has 72 valence electrons. The van der Waals surface area contributed by atoms with Gasteiger partial charge in [0.15, 0.2) is 11.6 Å². The second-order valence-corrected chi connectivity index (χ2v) is 4.21. The van der Waals surface area contributed by atoms with Crippen molar-refractivity contribution in [3.63, 3.8) is 0 Å². The van der Waals surface area contributed by atoms with Crippen LogP contribution in [-0.4, -0.2) is 28.7 Å². The van der Waals surface area contributed by atoms with Gasteiger partial charge in [-0.3, -0.25) is 0 Å². The van der Waals surface area contributed by atoms with Crippen LogP contribution in [0.4, 0.5) is 5.82 Å². The van der Waals surface area contributed by atoms with Gasteiger partial charge in [-0.1, -0.05) is 0 Å². The van der Waals surface area contributed by atoms with Crippen molar-refractivity contribution < 1.29 is 13.5 Å². The highest BCUT2D eigenvalue weighted by atomic mass is 32.2. The minimum atomic E-state index is -3.75. The zero-order valence-electron chi connectivity index (χ0n) is 6.63. The molecule has 8 heteroatoms. The smallest absolute Gasteiger partial charge is 0.363 e.